The van der Waals surface area contributed by atoms with E-state index in [1.54, 1.807) is 0 Å². The van der Waals surface area contributed by atoms with E-state index in [-0.39, 0.29) is 0 Å². The molecule has 76 valence electrons. The number of hydrogen-bond donors (Lipinski definition) is 1. The van der Waals surface area contributed by atoms with Crippen LogP contribution < -0.4 is 0 Å². The van der Waals surface area contributed by atoms with Gasteiger partial charge in [0.1, 0.15) is 5.75 Å². The normalized spacial score (nSPS) is 17.6. The second-order valence-electron chi connectivity index (χ2n) is 4.50. The monoisotopic (exact) mass is 190 g/mol. The van der Waals surface area contributed by atoms with Crippen LogP contribution in [0.2, 0.25) is 0 Å². The van der Waals surface area contributed by atoms with Gasteiger partial charge in [0.15, 0.2) is 0 Å². The van der Waals surface area contributed by atoms with E-state index in [0.717, 1.165) is 5.56 Å². The Morgan fingerprint density at radius 2 is 1.79 bits per heavy atom. The van der Waals surface area contributed by atoms with Gasteiger partial charge in [-0.1, -0.05) is 30.5 Å². The lowest BCUT2D eigenvalue weighted by atomic mass is 9.93. The second kappa shape index (κ2) is 3.64. The molecule has 1 aliphatic rings. The summed E-state index contributed by atoms with van der Waals surface area (Å²) < 4.78 is 0. The molecule has 1 nitrogen and oxygen atoms in total. The molecule has 1 aromatic rings. The maximum absolute atomic E-state index is 9.98. The van der Waals surface area contributed by atoms with E-state index in [1.807, 2.05) is 13.0 Å². The first-order valence-corrected chi connectivity index (χ1v) is 5.48. The Bertz CT molecular complexity index is 335. The van der Waals surface area contributed by atoms with E-state index in [9.17, 15) is 5.11 Å². The minimum absolute atomic E-state index is 0.530. The first-order chi connectivity index (χ1) is 6.68. The van der Waals surface area contributed by atoms with Crippen molar-refractivity contribution in [2.24, 2.45) is 0 Å². The van der Waals surface area contributed by atoms with Crippen LogP contribution in [0.15, 0.2) is 12.1 Å². The molecular formula is C13H18O. The number of aromatic hydroxyl groups is 1. The van der Waals surface area contributed by atoms with Crippen molar-refractivity contribution >= 4 is 0 Å². The number of phenolic OH excluding ortho intramolecular Hbond substituents is 1. The van der Waals surface area contributed by atoms with Gasteiger partial charge in [-0.25, -0.2) is 0 Å². The summed E-state index contributed by atoms with van der Waals surface area (Å²) in [6.07, 6.45) is 5.13. The smallest absolute Gasteiger partial charge is 0.121 e. The van der Waals surface area contributed by atoms with Crippen LogP contribution in [0.1, 0.15) is 48.3 Å². The van der Waals surface area contributed by atoms with Gasteiger partial charge in [-0.15, -0.1) is 0 Å². The third-order valence-electron chi connectivity index (χ3n) is 3.27. The molecule has 0 aliphatic heterocycles. The lowest BCUT2D eigenvalue weighted by molar-refractivity contribution is 0.456. The average molecular weight is 190 g/mol. The third-order valence-corrected chi connectivity index (χ3v) is 3.27. The third kappa shape index (κ3) is 1.63. The molecule has 0 spiro atoms. The van der Waals surface area contributed by atoms with E-state index < -0.39 is 0 Å². The molecule has 14 heavy (non-hydrogen) atoms. The first-order valence-electron chi connectivity index (χ1n) is 5.48. The molecule has 1 fully saturated rings. The molecule has 0 atom stereocenters. The van der Waals surface area contributed by atoms with Crippen LogP contribution in [-0.4, -0.2) is 5.11 Å². The van der Waals surface area contributed by atoms with Crippen molar-refractivity contribution in [2.75, 3.05) is 0 Å². The van der Waals surface area contributed by atoms with E-state index in [1.165, 1.54) is 36.8 Å². The van der Waals surface area contributed by atoms with Crippen LogP contribution in [0.3, 0.4) is 0 Å². The maximum Gasteiger partial charge on any atom is 0.121 e. The molecule has 0 radical (unpaired) electrons. The number of benzene rings is 1. The van der Waals surface area contributed by atoms with Gasteiger partial charge >= 0.3 is 0 Å². The Morgan fingerprint density at radius 1 is 1.14 bits per heavy atom. The first kappa shape index (κ1) is 9.57. The van der Waals surface area contributed by atoms with Crippen molar-refractivity contribution < 1.29 is 5.11 Å². The SMILES string of the molecule is Cc1cc(C)c(O)c(C2CCCC2)c1. The van der Waals surface area contributed by atoms with Crippen molar-refractivity contribution in [3.8, 4) is 5.75 Å². The Hall–Kier alpha value is -0.980. The van der Waals surface area contributed by atoms with Crippen LogP contribution in [0.5, 0.6) is 5.75 Å². The molecule has 1 N–H and O–H groups in total. The predicted octanol–water partition coefficient (Wildman–Crippen LogP) is 3.67. The molecule has 0 aromatic heterocycles. The van der Waals surface area contributed by atoms with Crippen LogP contribution in [0.4, 0.5) is 0 Å². The average Bonchev–Trinajstić information content (AvgIpc) is 2.63. The van der Waals surface area contributed by atoms with Gasteiger partial charge in [0.2, 0.25) is 0 Å². The largest absolute Gasteiger partial charge is 0.507 e. The summed E-state index contributed by atoms with van der Waals surface area (Å²) in [6, 6.07) is 4.20. The molecule has 0 unspecified atom stereocenters. The van der Waals surface area contributed by atoms with Crippen LogP contribution in [0.25, 0.3) is 0 Å². The van der Waals surface area contributed by atoms with Crippen LogP contribution in [0, 0.1) is 13.8 Å². The van der Waals surface area contributed by atoms with Gasteiger partial charge < -0.3 is 5.11 Å². The summed E-state index contributed by atoms with van der Waals surface area (Å²) in [7, 11) is 0. The fourth-order valence-corrected chi connectivity index (χ4v) is 2.54. The molecule has 0 heterocycles. The number of hydrogen-bond acceptors (Lipinski definition) is 1. The molecule has 0 amide bonds. The molecule has 1 aliphatic carbocycles. The Kier molecular flexibility index (Phi) is 2.49. The molecular weight excluding hydrogens is 172 g/mol. The number of aryl methyl sites for hydroxylation is 2. The molecule has 1 aromatic carbocycles. The van der Waals surface area contributed by atoms with Crippen molar-refractivity contribution in [1.29, 1.82) is 0 Å². The van der Waals surface area contributed by atoms with E-state index in [4.69, 9.17) is 0 Å². The molecule has 2 rings (SSSR count). The standard InChI is InChI=1S/C13H18O/c1-9-7-10(2)13(14)12(8-9)11-5-3-4-6-11/h7-8,11,14H,3-6H2,1-2H3. The Morgan fingerprint density at radius 3 is 2.43 bits per heavy atom. The quantitative estimate of drug-likeness (QED) is 0.716. The van der Waals surface area contributed by atoms with Gasteiger partial charge in [0.25, 0.3) is 0 Å². The summed E-state index contributed by atoms with van der Waals surface area (Å²) in [5.41, 5.74) is 3.47. The zero-order valence-electron chi connectivity index (χ0n) is 9.01. The van der Waals surface area contributed by atoms with Crippen LogP contribution >= 0.6 is 0 Å². The van der Waals surface area contributed by atoms with Crippen molar-refractivity contribution in [2.45, 2.75) is 45.4 Å². The van der Waals surface area contributed by atoms with Gasteiger partial charge in [-0.05, 0) is 43.7 Å². The second-order valence-corrected chi connectivity index (χ2v) is 4.50. The molecule has 0 bridgehead atoms. The predicted molar refractivity (Wildman–Crippen MR) is 58.8 cm³/mol. The summed E-state index contributed by atoms with van der Waals surface area (Å²) in [6.45, 7) is 4.09. The van der Waals surface area contributed by atoms with Gasteiger partial charge in [-0.3, -0.25) is 0 Å². The Balaban J connectivity index is 2.40. The van der Waals surface area contributed by atoms with E-state index >= 15 is 0 Å². The topological polar surface area (TPSA) is 20.2 Å². The highest BCUT2D eigenvalue weighted by Gasteiger charge is 2.20. The summed E-state index contributed by atoms with van der Waals surface area (Å²) in [4.78, 5) is 0. The molecule has 1 heteroatoms. The number of rotatable bonds is 1. The van der Waals surface area contributed by atoms with Crippen molar-refractivity contribution in [1.82, 2.24) is 0 Å². The van der Waals surface area contributed by atoms with Gasteiger partial charge in [0, 0.05) is 0 Å². The van der Waals surface area contributed by atoms with Crippen molar-refractivity contribution in [3.05, 3.63) is 28.8 Å². The lowest BCUT2D eigenvalue weighted by Gasteiger charge is -2.14. The van der Waals surface area contributed by atoms with E-state index in [2.05, 4.69) is 13.0 Å². The summed E-state index contributed by atoms with van der Waals surface area (Å²) >= 11 is 0. The highest BCUT2D eigenvalue weighted by molar-refractivity contribution is 5.44. The minimum atomic E-state index is 0.530. The minimum Gasteiger partial charge on any atom is -0.507 e. The fourth-order valence-electron chi connectivity index (χ4n) is 2.54. The highest BCUT2D eigenvalue weighted by atomic mass is 16.3. The highest BCUT2D eigenvalue weighted by Crippen LogP contribution is 2.39. The zero-order valence-corrected chi connectivity index (χ0v) is 9.01. The maximum atomic E-state index is 9.98. The number of phenols is 1. The Labute approximate surface area is 85.8 Å². The lowest BCUT2D eigenvalue weighted by Crippen LogP contribution is -1.95. The van der Waals surface area contributed by atoms with E-state index in [0.29, 0.717) is 11.7 Å². The van der Waals surface area contributed by atoms with Crippen molar-refractivity contribution in [3.63, 3.8) is 0 Å². The van der Waals surface area contributed by atoms with Gasteiger partial charge in [-0.2, -0.15) is 0 Å². The summed E-state index contributed by atoms with van der Waals surface area (Å²) in [5.74, 6) is 1.14. The summed E-state index contributed by atoms with van der Waals surface area (Å²) in [5, 5.41) is 9.98. The van der Waals surface area contributed by atoms with Gasteiger partial charge in [0.05, 0.1) is 0 Å². The van der Waals surface area contributed by atoms with Crippen LogP contribution in [-0.2, 0) is 0 Å². The zero-order chi connectivity index (χ0) is 10.1. The molecule has 0 saturated heterocycles. The molecule has 1 saturated carbocycles. The fraction of sp³-hybridized carbons (Fsp3) is 0.538.